The lowest BCUT2D eigenvalue weighted by atomic mass is 9.84. The van der Waals surface area contributed by atoms with E-state index in [1.807, 2.05) is 0 Å². The van der Waals surface area contributed by atoms with E-state index in [0.717, 1.165) is 19.4 Å². The number of carbonyl (C=O) groups excluding carboxylic acids is 1. The molecule has 0 aromatic heterocycles. The molecule has 3 heteroatoms. The highest BCUT2D eigenvalue weighted by molar-refractivity contribution is 5.83. The third-order valence-electron chi connectivity index (χ3n) is 4.77. The summed E-state index contributed by atoms with van der Waals surface area (Å²) in [6.45, 7) is 3.50. The first-order valence-corrected chi connectivity index (χ1v) is 7.24. The number of hydrogen-bond donors (Lipinski definition) is 1. The van der Waals surface area contributed by atoms with Crippen LogP contribution in [0.4, 0.5) is 0 Å². The van der Waals surface area contributed by atoms with Crippen molar-refractivity contribution in [3.63, 3.8) is 0 Å². The van der Waals surface area contributed by atoms with Crippen molar-refractivity contribution in [1.82, 2.24) is 4.90 Å². The van der Waals surface area contributed by atoms with Crippen LogP contribution in [0.15, 0.2) is 0 Å². The summed E-state index contributed by atoms with van der Waals surface area (Å²) in [7, 11) is 0. The highest BCUT2D eigenvalue weighted by atomic mass is 16.2. The van der Waals surface area contributed by atoms with Gasteiger partial charge in [0.2, 0.25) is 5.91 Å². The van der Waals surface area contributed by atoms with Gasteiger partial charge < -0.3 is 10.6 Å². The van der Waals surface area contributed by atoms with E-state index >= 15 is 0 Å². The maximum absolute atomic E-state index is 12.8. The normalized spacial score (nSPS) is 24.1. The van der Waals surface area contributed by atoms with Crippen molar-refractivity contribution in [2.24, 2.45) is 11.1 Å². The van der Waals surface area contributed by atoms with E-state index in [9.17, 15) is 4.79 Å². The zero-order valence-electron chi connectivity index (χ0n) is 11.1. The van der Waals surface area contributed by atoms with Crippen LogP contribution in [0.2, 0.25) is 0 Å². The van der Waals surface area contributed by atoms with Crippen LogP contribution in [0.1, 0.15) is 58.3 Å². The topological polar surface area (TPSA) is 46.3 Å². The Kier molecular flexibility index (Phi) is 4.08. The number of amides is 1. The molecule has 0 aliphatic heterocycles. The fourth-order valence-electron chi connectivity index (χ4n) is 3.65. The fourth-order valence-corrected chi connectivity index (χ4v) is 3.65. The Hall–Kier alpha value is -0.570. The standard InChI is InChI=1S/C14H26N2O/c1-2-16(12-7-3-4-8-12)13(17)14(11-15)9-5-6-10-14/h12H,2-11,15H2,1H3. The van der Waals surface area contributed by atoms with Crippen LogP contribution in [0, 0.1) is 5.41 Å². The molecule has 0 unspecified atom stereocenters. The molecule has 0 radical (unpaired) electrons. The molecule has 2 aliphatic carbocycles. The molecule has 2 saturated carbocycles. The molecule has 2 aliphatic rings. The van der Waals surface area contributed by atoms with Crippen molar-refractivity contribution in [2.45, 2.75) is 64.3 Å². The van der Waals surface area contributed by atoms with Crippen LogP contribution in [0.3, 0.4) is 0 Å². The highest BCUT2D eigenvalue weighted by Gasteiger charge is 2.43. The molecule has 0 bridgehead atoms. The molecule has 0 atom stereocenters. The molecule has 17 heavy (non-hydrogen) atoms. The number of carbonyl (C=O) groups is 1. The smallest absolute Gasteiger partial charge is 0.230 e. The van der Waals surface area contributed by atoms with Gasteiger partial charge in [0.1, 0.15) is 0 Å². The Morgan fingerprint density at radius 1 is 1.24 bits per heavy atom. The second kappa shape index (κ2) is 5.38. The molecule has 0 aromatic rings. The van der Waals surface area contributed by atoms with Crippen LogP contribution in [-0.2, 0) is 4.79 Å². The van der Waals surface area contributed by atoms with Gasteiger partial charge in [-0.25, -0.2) is 0 Å². The number of hydrogen-bond acceptors (Lipinski definition) is 2. The van der Waals surface area contributed by atoms with Crippen LogP contribution >= 0.6 is 0 Å². The Labute approximate surface area is 105 Å². The van der Waals surface area contributed by atoms with E-state index in [-0.39, 0.29) is 5.41 Å². The summed E-state index contributed by atoms with van der Waals surface area (Å²) in [6.07, 6.45) is 9.31. The first-order valence-electron chi connectivity index (χ1n) is 7.24. The molecule has 2 N–H and O–H groups in total. The molecule has 3 nitrogen and oxygen atoms in total. The summed E-state index contributed by atoms with van der Waals surface area (Å²) in [4.78, 5) is 14.9. The maximum Gasteiger partial charge on any atom is 0.230 e. The summed E-state index contributed by atoms with van der Waals surface area (Å²) in [5.41, 5.74) is 5.70. The molecule has 1 amide bonds. The van der Waals surface area contributed by atoms with Gasteiger partial charge in [-0.2, -0.15) is 0 Å². The van der Waals surface area contributed by atoms with E-state index in [4.69, 9.17) is 5.73 Å². The fraction of sp³-hybridized carbons (Fsp3) is 0.929. The molecule has 2 fully saturated rings. The van der Waals surface area contributed by atoms with Gasteiger partial charge in [0.05, 0.1) is 5.41 Å². The molecular weight excluding hydrogens is 212 g/mol. The van der Waals surface area contributed by atoms with Gasteiger partial charge in [-0.1, -0.05) is 25.7 Å². The molecule has 0 aromatic carbocycles. The first-order chi connectivity index (χ1) is 8.23. The van der Waals surface area contributed by atoms with Gasteiger partial charge in [-0.15, -0.1) is 0 Å². The SMILES string of the molecule is CCN(C(=O)C1(CN)CCCC1)C1CCCC1. The van der Waals surface area contributed by atoms with Crippen molar-refractivity contribution in [3.8, 4) is 0 Å². The minimum Gasteiger partial charge on any atom is -0.339 e. The summed E-state index contributed by atoms with van der Waals surface area (Å²) >= 11 is 0. The molecule has 0 saturated heterocycles. The lowest BCUT2D eigenvalue weighted by Crippen LogP contribution is -2.50. The zero-order chi connectivity index (χ0) is 12.3. The van der Waals surface area contributed by atoms with Crippen LogP contribution < -0.4 is 5.73 Å². The maximum atomic E-state index is 12.8. The highest BCUT2D eigenvalue weighted by Crippen LogP contribution is 2.40. The Bertz CT molecular complexity index is 265. The van der Waals surface area contributed by atoms with Gasteiger partial charge in [0.15, 0.2) is 0 Å². The average Bonchev–Trinajstić information content (AvgIpc) is 3.01. The third kappa shape index (κ3) is 2.35. The van der Waals surface area contributed by atoms with Gasteiger partial charge >= 0.3 is 0 Å². The van der Waals surface area contributed by atoms with Crippen LogP contribution in [-0.4, -0.2) is 29.9 Å². The van der Waals surface area contributed by atoms with Gasteiger partial charge in [0.25, 0.3) is 0 Å². The predicted molar refractivity (Wildman–Crippen MR) is 69.6 cm³/mol. The van der Waals surface area contributed by atoms with E-state index < -0.39 is 0 Å². The van der Waals surface area contributed by atoms with Crippen molar-refractivity contribution in [2.75, 3.05) is 13.1 Å². The molecule has 0 heterocycles. The predicted octanol–water partition coefficient (Wildman–Crippen LogP) is 2.30. The molecule has 0 spiro atoms. The van der Waals surface area contributed by atoms with Gasteiger partial charge in [0, 0.05) is 19.1 Å². The number of nitrogens with zero attached hydrogens (tertiary/aromatic N) is 1. The largest absolute Gasteiger partial charge is 0.339 e. The average molecular weight is 238 g/mol. The van der Waals surface area contributed by atoms with Crippen molar-refractivity contribution < 1.29 is 4.79 Å². The second-order valence-corrected chi connectivity index (χ2v) is 5.72. The Balaban J connectivity index is 2.09. The zero-order valence-corrected chi connectivity index (χ0v) is 11.1. The van der Waals surface area contributed by atoms with E-state index in [1.165, 1.54) is 38.5 Å². The third-order valence-corrected chi connectivity index (χ3v) is 4.77. The van der Waals surface area contributed by atoms with Crippen molar-refractivity contribution in [1.29, 1.82) is 0 Å². The Morgan fingerprint density at radius 3 is 2.29 bits per heavy atom. The monoisotopic (exact) mass is 238 g/mol. The van der Waals surface area contributed by atoms with Gasteiger partial charge in [-0.05, 0) is 32.6 Å². The number of rotatable bonds is 4. The molecule has 98 valence electrons. The van der Waals surface area contributed by atoms with E-state index in [1.54, 1.807) is 0 Å². The Morgan fingerprint density at radius 2 is 1.82 bits per heavy atom. The first kappa shape index (κ1) is 12.9. The van der Waals surface area contributed by atoms with Crippen molar-refractivity contribution in [3.05, 3.63) is 0 Å². The summed E-state index contributed by atoms with van der Waals surface area (Å²) < 4.78 is 0. The number of nitrogens with two attached hydrogens (primary N) is 1. The molecular formula is C14H26N2O. The summed E-state index contributed by atoms with van der Waals surface area (Å²) in [6, 6.07) is 0.497. The lowest BCUT2D eigenvalue weighted by Gasteiger charge is -2.36. The van der Waals surface area contributed by atoms with Gasteiger partial charge in [-0.3, -0.25) is 4.79 Å². The van der Waals surface area contributed by atoms with E-state index in [0.29, 0.717) is 18.5 Å². The van der Waals surface area contributed by atoms with Crippen LogP contribution in [0.5, 0.6) is 0 Å². The summed E-state index contributed by atoms with van der Waals surface area (Å²) in [5.74, 6) is 0.354. The van der Waals surface area contributed by atoms with E-state index in [2.05, 4.69) is 11.8 Å². The minimum absolute atomic E-state index is 0.210. The summed E-state index contributed by atoms with van der Waals surface area (Å²) in [5, 5.41) is 0. The second-order valence-electron chi connectivity index (χ2n) is 5.72. The minimum atomic E-state index is -0.210. The lowest BCUT2D eigenvalue weighted by molar-refractivity contribution is -0.143. The molecule has 2 rings (SSSR count). The quantitative estimate of drug-likeness (QED) is 0.817. The van der Waals surface area contributed by atoms with Crippen molar-refractivity contribution >= 4 is 5.91 Å². The van der Waals surface area contributed by atoms with Crippen LogP contribution in [0.25, 0.3) is 0 Å².